The van der Waals surface area contributed by atoms with E-state index in [-0.39, 0.29) is 5.91 Å². The highest BCUT2D eigenvalue weighted by Crippen LogP contribution is 2.33. The Labute approximate surface area is 81.2 Å². The van der Waals surface area contributed by atoms with Crippen molar-refractivity contribution in [3.05, 3.63) is 16.3 Å². The molecule has 1 aromatic heterocycles. The van der Waals surface area contributed by atoms with Crippen molar-refractivity contribution in [1.82, 2.24) is 5.32 Å². The minimum absolute atomic E-state index is 0.123. The van der Waals surface area contributed by atoms with Gasteiger partial charge in [-0.05, 0) is 24.9 Å². The highest BCUT2D eigenvalue weighted by Gasteiger charge is 2.21. The summed E-state index contributed by atoms with van der Waals surface area (Å²) >= 11 is 1.70. The molecule has 2 N–H and O–H groups in total. The van der Waals surface area contributed by atoms with Crippen molar-refractivity contribution in [2.45, 2.75) is 18.9 Å². The second kappa shape index (κ2) is 3.47. The summed E-state index contributed by atoms with van der Waals surface area (Å²) in [5.74, 6) is 0.123. The standard InChI is InChI=1S/C9H12N2OS/c1-10-6-2-3-8(12)11-7-4-5-13-9(6)7/h4-6,10H,2-3H2,1H3,(H,11,12)/t6-/m1/s1. The second-order valence-corrected chi connectivity index (χ2v) is 4.07. The van der Waals surface area contributed by atoms with Crippen molar-refractivity contribution in [2.75, 3.05) is 12.4 Å². The first-order valence-electron chi connectivity index (χ1n) is 4.36. The molecule has 0 aliphatic carbocycles. The molecule has 1 aromatic rings. The van der Waals surface area contributed by atoms with Crippen molar-refractivity contribution >= 4 is 22.9 Å². The van der Waals surface area contributed by atoms with E-state index in [9.17, 15) is 4.79 Å². The number of hydrogen-bond acceptors (Lipinski definition) is 3. The maximum atomic E-state index is 11.3. The van der Waals surface area contributed by atoms with Gasteiger partial charge in [-0.25, -0.2) is 0 Å². The summed E-state index contributed by atoms with van der Waals surface area (Å²) < 4.78 is 0. The summed E-state index contributed by atoms with van der Waals surface area (Å²) in [6.45, 7) is 0. The third-order valence-electron chi connectivity index (χ3n) is 2.29. The van der Waals surface area contributed by atoms with Crippen LogP contribution in [-0.4, -0.2) is 13.0 Å². The third-order valence-corrected chi connectivity index (χ3v) is 3.32. The summed E-state index contributed by atoms with van der Waals surface area (Å²) in [4.78, 5) is 12.5. The summed E-state index contributed by atoms with van der Waals surface area (Å²) in [6.07, 6.45) is 1.49. The van der Waals surface area contributed by atoms with Crippen LogP contribution in [0.3, 0.4) is 0 Å². The number of carbonyl (C=O) groups is 1. The van der Waals surface area contributed by atoms with Gasteiger partial charge >= 0.3 is 0 Å². The van der Waals surface area contributed by atoms with Gasteiger partial charge in [0.1, 0.15) is 0 Å². The number of rotatable bonds is 1. The van der Waals surface area contributed by atoms with Gasteiger partial charge < -0.3 is 10.6 Å². The molecular formula is C9H12N2OS. The van der Waals surface area contributed by atoms with Gasteiger partial charge in [-0.3, -0.25) is 4.79 Å². The summed E-state index contributed by atoms with van der Waals surface area (Å²) in [6, 6.07) is 2.29. The lowest BCUT2D eigenvalue weighted by Gasteiger charge is -2.11. The van der Waals surface area contributed by atoms with Crippen LogP contribution < -0.4 is 10.6 Å². The maximum absolute atomic E-state index is 11.3. The Hall–Kier alpha value is -0.870. The zero-order valence-corrected chi connectivity index (χ0v) is 8.28. The number of carbonyl (C=O) groups excluding carboxylic acids is 1. The molecule has 0 bridgehead atoms. The van der Waals surface area contributed by atoms with Gasteiger partial charge in [0.05, 0.1) is 5.69 Å². The van der Waals surface area contributed by atoms with Crippen LogP contribution in [0.15, 0.2) is 11.4 Å². The molecular weight excluding hydrogens is 184 g/mol. The Morgan fingerprint density at radius 2 is 2.54 bits per heavy atom. The quantitative estimate of drug-likeness (QED) is 0.718. The van der Waals surface area contributed by atoms with E-state index < -0.39 is 0 Å². The first-order valence-corrected chi connectivity index (χ1v) is 5.23. The van der Waals surface area contributed by atoms with Gasteiger partial charge in [-0.1, -0.05) is 0 Å². The molecule has 0 aromatic carbocycles. The Morgan fingerprint density at radius 3 is 3.31 bits per heavy atom. The molecule has 0 saturated carbocycles. The van der Waals surface area contributed by atoms with Crippen LogP contribution in [-0.2, 0) is 4.79 Å². The number of anilines is 1. The largest absolute Gasteiger partial charge is 0.325 e. The van der Waals surface area contributed by atoms with Gasteiger partial charge in [0, 0.05) is 17.3 Å². The second-order valence-electron chi connectivity index (χ2n) is 3.13. The molecule has 0 saturated heterocycles. The van der Waals surface area contributed by atoms with Crippen LogP contribution in [0.2, 0.25) is 0 Å². The number of nitrogens with one attached hydrogen (secondary N) is 2. The molecule has 0 radical (unpaired) electrons. The highest BCUT2D eigenvalue weighted by atomic mass is 32.1. The number of fused-ring (bicyclic) bond motifs is 1. The molecule has 1 aliphatic heterocycles. The van der Waals surface area contributed by atoms with E-state index >= 15 is 0 Å². The molecule has 0 fully saturated rings. The van der Waals surface area contributed by atoms with Gasteiger partial charge in [-0.2, -0.15) is 0 Å². The number of amides is 1. The lowest BCUT2D eigenvalue weighted by Crippen LogP contribution is -2.14. The predicted octanol–water partition coefficient (Wildman–Crippen LogP) is 1.74. The fraction of sp³-hybridized carbons (Fsp3) is 0.444. The van der Waals surface area contributed by atoms with Crippen molar-refractivity contribution in [2.24, 2.45) is 0 Å². The summed E-state index contributed by atoms with van der Waals surface area (Å²) in [7, 11) is 1.93. The number of thiophene rings is 1. The van der Waals surface area contributed by atoms with Crippen LogP contribution in [0.5, 0.6) is 0 Å². The van der Waals surface area contributed by atoms with E-state index in [1.807, 2.05) is 18.5 Å². The zero-order valence-electron chi connectivity index (χ0n) is 7.46. The molecule has 1 aliphatic rings. The van der Waals surface area contributed by atoms with Gasteiger partial charge in [0.25, 0.3) is 0 Å². The fourth-order valence-electron chi connectivity index (χ4n) is 1.59. The molecule has 4 heteroatoms. The normalized spacial score (nSPS) is 21.9. The number of hydrogen-bond donors (Lipinski definition) is 2. The fourth-order valence-corrected chi connectivity index (χ4v) is 2.59. The predicted molar refractivity (Wildman–Crippen MR) is 54.0 cm³/mol. The third kappa shape index (κ3) is 1.59. The minimum atomic E-state index is 0.123. The van der Waals surface area contributed by atoms with Crippen molar-refractivity contribution in [3.63, 3.8) is 0 Å². The van der Waals surface area contributed by atoms with Crippen LogP contribution >= 0.6 is 11.3 Å². The van der Waals surface area contributed by atoms with Crippen molar-refractivity contribution in [1.29, 1.82) is 0 Å². The van der Waals surface area contributed by atoms with Crippen molar-refractivity contribution < 1.29 is 4.79 Å². The summed E-state index contributed by atoms with van der Waals surface area (Å²) in [5, 5.41) is 8.14. The molecule has 70 valence electrons. The van der Waals surface area contributed by atoms with Crippen molar-refractivity contribution in [3.8, 4) is 0 Å². The molecule has 2 rings (SSSR count). The Kier molecular flexibility index (Phi) is 2.33. The maximum Gasteiger partial charge on any atom is 0.224 e. The lowest BCUT2D eigenvalue weighted by molar-refractivity contribution is -0.116. The first kappa shape index (κ1) is 8.72. The average molecular weight is 196 g/mol. The van der Waals surface area contributed by atoms with E-state index in [0.717, 1.165) is 12.1 Å². The topological polar surface area (TPSA) is 41.1 Å². The van der Waals surface area contributed by atoms with Gasteiger partial charge in [0.15, 0.2) is 0 Å². The Balaban J connectivity index is 2.34. The molecule has 13 heavy (non-hydrogen) atoms. The monoisotopic (exact) mass is 196 g/mol. The minimum Gasteiger partial charge on any atom is -0.325 e. The molecule has 0 spiro atoms. The molecule has 2 heterocycles. The molecule has 3 nitrogen and oxygen atoms in total. The van der Waals surface area contributed by atoms with E-state index in [1.54, 1.807) is 11.3 Å². The van der Waals surface area contributed by atoms with Crippen LogP contribution in [0, 0.1) is 0 Å². The van der Waals surface area contributed by atoms with E-state index in [2.05, 4.69) is 10.6 Å². The van der Waals surface area contributed by atoms with Crippen LogP contribution in [0.25, 0.3) is 0 Å². The first-order chi connectivity index (χ1) is 6.31. The zero-order chi connectivity index (χ0) is 9.26. The molecule has 1 atom stereocenters. The van der Waals surface area contributed by atoms with E-state index in [4.69, 9.17) is 0 Å². The highest BCUT2D eigenvalue weighted by molar-refractivity contribution is 7.10. The Morgan fingerprint density at radius 1 is 1.69 bits per heavy atom. The van der Waals surface area contributed by atoms with E-state index in [0.29, 0.717) is 12.5 Å². The lowest BCUT2D eigenvalue weighted by atomic mass is 10.1. The Bertz CT molecular complexity index is 321. The van der Waals surface area contributed by atoms with Gasteiger partial charge in [0.2, 0.25) is 5.91 Å². The summed E-state index contributed by atoms with van der Waals surface area (Å²) in [5.41, 5.74) is 0.979. The SMILES string of the molecule is CN[C@@H]1CCC(=O)Nc2ccsc21. The average Bonchev–Trinajstić information content (AvgIpc) is 2.49. The van der Waals surface area contributed by atoms with E-state index in [1.165, 1.54) is 4.88 Å². The van der Waals surface area contributed by atoms with Crippen LogP contribution in [0.1, 0.15) is 23.8 Å². The molecule has 0 unspecified atom stereocenters. The smallest absolute Gasteiger partial charge is 0.224 e. The molecule has 1 amide bonds. The van der Waals surface area contributed by atoms with Gasteiger partial charge in [-0.15, -0.1) is 11.3 Å². The van der Waals surface area contributed by atoms with Crippen LogP contribution in [0.4, 0.5) is 5.69 Å².